The lowest BCUT2D eigenvalue weighted by molar-refractivity contribution is 0.228. The van der Waals surface area contributed by atoms with E-state index >= 15 is 0 Å². The quantitative estimate of drug-likeness (QED) is 0.776. The van der Waals surface area contributed by atoms with Crippen LogP contribution in [-0.2, 0) is 13.4 Å². The zero-order valence-corrected chi connectivity index (χ0v) is 12.6. The summed E-state index contributed by atoms with van der Waals surface area (Å²) in [5.74, 6) is 0. The van der Waals surface area contributed by atoms with Gasteiger partial charge in [-0.1, -0.05) is 34.1 Å². The molecular weight excluding hydrogens is 262 g/mol. The molecular formula is C10H22O5P2. The zero-order chi connectivity index (χ0) is 13.5. The van der Waals surface area contributed by atoms with Crippen molar-refractivity contribution in [1.29, 1.82) is 0 Å². The fourth-order valence-electron chi connectivity index (χ4n) is 2.21. The molecule has 0 aromatic carbocycles. The molecule has 0 amide bonds. The summed E-state index contributed by atoms with van der Waals surface area (Å²) < 4.78 is 28.5. The van der Waals surface area contributed by atoms with E-state index in [4.69, 9.17) is 0 Å². The van der Waals surface area contributed by atoms with Crippen molar-refractivity contribution in [3.05, 3.63) is 0 Å². The average Bonchev–Trinajstić information content (AvgIpc) is 2.14. The van der Waals surface area contributed by atoms with Gasteiger partial charge in [-0.05, 0) is 18.3 Å². The maximum atomic E-state index is 12.0. The van der Waals surface area contributed by atoms with Crippen molar-refractivity contribution in [2.24, 2.45) is 5.41 Å². The van der Waals surface area contributed by atoms with Gasteiger partial charge in [0.25, 0.3) is 0 Å². The molecule has 7 heteroatoms. The van der Waals surface area contributed by atoms with Gasteiger partial charge in [0, 0.05) is 0 Å². The predicted octanol–water partition coefficient (Wildman–Crippen LogP) is 3.36. The summed E-state index contributed by atoms with van der Waals surface area (Å²) in [5, 5.41) is 0. The topological polar surface area (TPSA) is 83.8 Å². The van der Waals surface area contributed by atoms with E-state index in [-0.39, 0.29) is 11.8 Å². The molecule has 2 N–H and O–H groups in total. The van der Waals surface area contributed by atoms with Crippen LogP contribution in [0.4, 0.5) is 0 Å². The minimum absolute atomic E-state index is 0.277. The van der Waals surface area contributed by atoms with Gasteiger partial charge < -0.3 is 9.79 Å². The molecule has 102 valence electrons. The van der Waals surface area contributed by atoms with Crippen LogP contribution in [0.1, 0.15) is 47.0 Å². The summed E-state index contributed by atoms with van der Waals surface area (Å²) in [5.41, 5.74) is -1.48. The molecule has 0 radical (unpaired) electrons. The fraction of sp³-hybridized carbons (Fsp3) is 1.00. The molecule has 1 rings (SSSR count). The van der Waals surface area contributed by atoms with Gasteiger partial charge in [-0.3, -0.25) is 9.13 Å². The molecule has 0 aliphatic carbocycles. The first-order chi connectivity index (χ1) is 7.57. The number of hydrogen-bond donors (Lipinski definition) is 2. The Morgan fingerprint density at radius 1 is 1.24 bits per heavy atom. The van der Waals surface area contributed by atoms with Gasteiger partial charge >= 0.3 is 15.2 Å². The van der Waals surface area contributed by atoms with Gasteiger partial charge in [-0.15, -0.1) is 0 Å². The average molecular weight is 284 g/mol. The van der Waals surface area contributed by atoms with E-state index in [1.807, 2.05) is 20.8 Å². The van der Waals surface area contributed by atoms with Gasteiger partial charge in [0.05, 0.1) is 11.3 Å². The minimum atomic E-state index is -4.02. The highest BCUT2D eigenvalue weighted by molar-refractivity contribution is 7.67. The smallest absolute Gasteiger partial charge is 0.324 e. The Kier molecular flexibility index (Phi) is 4.34. The van der Waals surface area contributed by atoms with Crippen molar-refractivity contribution < 1.29 is 23.2 Å². The maximum Gasteiger partial charge on any atom is 0.338 e. The third-order valence-electron chi connectivity index (χ3n) is 3.87. The summed E-state index contributed by atoms with van der Waals surface area (Å²) >= 11 is 0. The fourth-order valence-corrected chi connectivity index (χ4v) is 7.23. The third-order valence-corrected chi connectivity index (χ3v) is 8.94. The lowest BCUT2D eigenvalue weighted by Crippen LogP contribution is -2.36. The molecule has 1 aliphatic heterocycles. The molecule has 0 spiro atoms. The Balaban J connectivity index is 3.10. The molecule has 0 bridgehead atoms. The number of rotatable bonds is 3. The maximum absolute atomic E-state index is 12.0. The van der Waals surface area contributed by atoms with Crippen LogP contribution < -0.4 is 0 Å². The van der Waals surface area contributed by atoms with Gasteiger partial charge in [0.2, 0.25) is 0 Å². The molecule has 5 nitrogen and oxygen atoms in total. The highest BCUT2D eigenvalue weighted by Gasteiger charge is 2.54. The van der Waals surface area contributed by atoms with Crippen LogP contribution in [0.3, 0.4) is 0 Å². The van der Waals surface area contributed by atoms with E-state index in [1.54, 1.807) is 6.92 Å². The molecule has 4 atom stereocenters. The summed E-state index contributed by atoms with van der Waals surface area (Å²) in [6.07, 6.45) is 1.47. The second-order valence-corrected chi connectivity index (χ2v) is 9.63. The van der Waals surface area contributed by atoms with Crippen LogP contribution in [0, 0.1) is 5.41 Å². The predicted molar refractivity (Wildman–Crippen MR) is 67.3 cm³/mol. The first-order valence-corrected chi connectivity index (χ1v) is 9.22. The van der Waals surface area contributed by atoms with Crippen LogP contribution >= 0.6 is 15.2 Å². The summed E-state index contributed by atoms with van der Waals surface area (Å²) in [6.45, 7) is 7.52. The second kappa shape index (κ2) is 4.79. The van der Waals surface area contributed by atoms with E-state index in [9.17, 15) is 18.9 Å². The van der Waals surface area contributed by atoms with Crippen molar-refractivity contribution in [1.82, 2.24) is 0 Å². The number of hydrogen-bond acceptors (Lipinski definition) is 3. The first-order valence-electron chi connectivity index (χ1n) is 5.93. The van der Waals surface area contributed by atoms with Gasteiger partial charge in [0.1, 0.15) is 0 Å². The molecule has 0 aromatic heterocycles. The van der Waals surface area contributed by atoms with Gasteiger partial charge in [-0.25, -0.2) is 4.31 Å². The monoisotopic (exact) mass is 284 g/mol. The Bertz CT molecular complexity index is 379. The largest absolute Gasteiger partial charge is 0.338 e. The lowest BCUT2D eigenvalue weighted by Gasteiger charge is -2.42. The normalized spacial score (nSPS) is 43.6. The van der Waals surface area contributed by atoms with E-state index in [0.717, 1.165) is 6.42 Å². The van der Waals surface area contributed by atoms with Crippen molar-refractivity contribution in [3.63, 3.8) is 0 Å². The van der Waals surface area contributed by atoms with Gasteiger partial charge in [-0.2, -0.15) is 0 Å². The van der Waals surface area contributed by atoms with Crippen LogP contribution in [0.2, 0.25) is 0 Å². The lowest BCUT2D eigenvalue weighted by atomic mass is 9.83. The molecule has 1 heterocycles. The minimum Gasteiger partial charge on any atom is -0.324 e. The van der Waals surface area contributed by atoms with Crippen LogP contribution in [0.25, 0.3) is 0 Å². The summed E-state index contributed by atoms with van der Waals surface area (Å²) in [6, 6.07) is 0. The van der Waals surface area contributed by atoms with E-state index in [0.29, 0.717) is 6.42 Å². The van der Waals surface area contributed by atoms with E-state index in [2.05, 4.69) is 4.31 Å². The van der Waals surface area contributed by atoms with Crippen molar-refractivity contribution in [3.8, 4) is 0 Å². The van der Waals surface area contributed by atoms with Crippen molar-refractivity contribution >= 4 is 15.2 Å². The van der Waals surface area contributed by atoms with Gasteiger partial charge in [0.15, 0.2) is 0 Å². The second-order valence-electron chi connectivity index (χ2n) is 5.37. The van der Waals surface area contributed by atoms with E-state index < -0.39 is 26.5 Å². The standard InChI is InChI=1S/C10H22O5P2/c1-5-8-7-9(10(3,4)6-2)17(13,14)15-16(8,11)12/h8-9H,5-7H2,1-4H3,(H,11,12)(H,13,14). The summed E-state index contributed by atoms with van der Waals surface area (Å²) in [7, 11) is -7.97. The zero-order valence-electron chi connectivity index (χ0n) is 10.8. The SMILES string of the molecule is CCC1CC(C(C)(C)CC)P(=O)(O)OP1(=O)O. The van der Waals surface area contributed by atoms with Crippen molar-refractivity contribution in [2.45, 2.75) is 58.3 Å². The van der Waals surface area contributed by atoms with Crippen LogP contribution in [0.5, 0.6) is 0 Å². The third kappa shape index (κ3) is 3.02. The Morgan fingerprint density at radius 2 is 1.76 bits per heavy atom. The Labute approximate surface area is 103 Å². The highest BCUT2D eigenvalue weighted by Crippen LogP contribution is 2.73. The molecule has 1 fully saturated rings. The molecule has 4 unspecified atom stereocenters. The van der Waals surface area contributed by atoms with Crippen LogP contribution in [-0.4, -0.2) is 21.1 Å². The van der Waals surface area contributed by atoms with Crippen LogP contribution in [0.15, 0.2) is 0 Å². The molecule has 1 aliphatic rings. The molecule has 0 aromatic rings. The molecule has 0 saturated carbocycles. The highest BCUT2D eigenvalue weighted by atomic mass is 31.3. The molecule has 17 heavy (non-hydrogen) atoms. The van der Waals surface area contributed by atoms with E-state index in [1.165, 1.54) is 0 Å². The Morgan fingerprint density at radius 3 is 2.18 bits per heavy atom. The Hall–Kier alpha value is 0.340. The first kappa shape index (κ1) is 15.4. The van der Waals surface area contributed by atoms with Crippen molar-refractivity contribution in [2.75, 3.05) is 0 Å². The summed E-state index contributed by atoms with van der Waals surface area (Å²) in [4.78, 5) is 19.5. The molecule has 1 saturated heterocycles.